The maximum atomic E-state index is 13.0. The van der Waals surface area contributed by atoms with Gasteiger partial charge in [0.25, 0.3) is 0 Å². The molecule has 2 amide bonds. The molecule has 26 heavy (non-hydrogen) atoms. The third-order valence-electron chi connectivity index (χ3n) is 4.02. The molecule has 0 fully saturated rings. The Bertz CT molecular complexity index is 956. The molecule has 0 spiro atoms. The number of anilines is 3. The van der Waals surface area contributed by atoms with Gasteiger partial charge in [-0.1, -0.05) is 36.0 Å². The first kappa shape index (κ1) is 16.2. The highest BCUT2D eigenvalue weighted by Crippen LogP contribution is 2.47. The van der Waals surface area contributed by atoms with Crippen molar-refractivity contribution in [3.05, 3.63) is 78.4 Å². The summed E-state index contributed by atoms with van der Waals surface area (Å²) in [4.78, 5) is 27.6. The van der Waals surface area contributed by atoms with E-state index >= 15 is 0 Å². The van der Waals surface area contributed by atoms with Gasteiger partial charge in [-0.25, -0.2) is 9.59 Å². The van der Waals surface area contributed by atoms with Gasteiger partial charge < -0.3 is 10.4 Å². The molecule has 128 valence electrons. The van der Waals surface area contributed by atoms with Crippen molar-refractivity contribution in [1.29, 1.82) is 0 Å². The lowest BCUT2D eigenvalue weighted by molar-refractivity contribution is 0.0697. The molecular weight excluding hydrogens is 348 g/mol. The van der Waals surface area contributed by atoms with E-state index in [1.807, 2.05) is 48.5 Å². The fourth-order valence-electron chi connectivity index (χ4n) is 2.80. The van der Waals surface area contributed by atoms with Crippen LogP contribution in [-0.4, -0.2) is 17.1 Å². The number of rotatable bonds is 2. The lowest BCUT2D eigenvalue weighted by Crippen LogP contribution is -2.32. The van der Waals surface area contributed by atoms with Crippen LogP contribution >= 0.6 is 11.8 Å². The zero-order chi connectivity index (χ0) is 18.1. The Hall–Kier alpha value is -3.25. The Morgan fingerprint density at radius 1 is 0.808 bits per heavy atom. The molecule has 4 rings (SSSR count). The third kappa shape index (κ3) is 2.91. The number of nitrogens with zero attached hydrogens (tertiary/aromatic N) is 1. The number of carbonyl (C=O) groups excluding carboxylic acids is 1. The Balaban J connectivity index is 1.68. The topological polar surface area (TPSA) is 69.6 Å². The Morgan fingerprint density at radius 3 is 1.88 bits per heavy atom. The molecule has 0 aromatic heterocycles. The van der Waals surface area contributed by atoms with Crippen molar-refractivity contribution in [2.45, 2.75) is 9.79 Å². The van der Waals surface area contributed by atoms with Gasteiger partial charge in [0.1, 0.15) is 0 Å². The molecule has 1 aliphatic heterocycles. The number of carboxylic acids is 1. The normalized spacial score (nSPS) is 12.1. The molecule has 2 N–H and O–H groups in total. The number of fused-ring (bicyclic) bond motifs is 2. The summed E-state index contributed by atoms with van der Waals surface area (Å²) in [6.45, 7) is 0. The highest BCUT2D eigenvalue weighted by Gasteiger charge is 2.27. The number of hydrogen-bond acceptors (Lipinski definition) is 3. The molecule has 3 aromatic carbocycles. The van der Waals surface area contributed by atoms with Crippen molar-refractivity contribution in [1.82, 2.24) is 0 Å². The van der Waals surface area contributed by atoms with Crippen LogP contribution in [0.25, 0.3) is 0 Å². The number of aromatic carboxylic acids is 1. The first-order valence-electron chi connectivity index (χ1n) is 7.94. The second-order valence-corrected chi connectivity index (χ2v) is 6.77. The number of urea groups is 1. The van der Waals surface area contributed by atoms with Gasteiger partial charge in [0, 0.05) is 15.5 Å². The van der Waals surface area contributed by atoms with E-state index < -0.39 is 5.97 Å². The molecule has 0 bridgehead atoms. The summed E-state index contributed by atoms with van der Waals surface area (Å²) >= 11 is 1.63. The summed E-state index contributed by atoms with van der Waals surface area (Å²) in [6.07, 6.45) is 0. The van der Waals surface area contributed by atoms with Crippen LogP contribution in [0.2, 0.25) is 0 Å². The van der Waals surface area contributed by atoms with Crippen molar-refractivity contribution < 1.29 is 14.7 Å². The van der Waals surface area contributed by atoms with Crippen LogP contribution in [-0.2, 0) is 0 Å². The van der Waals surface area contributed by atoms with Crippen LogP contribution in [0.3, 0.4) is 0 Å². The predicted molar refractivity (Wildman–Crippen MR) is 102 cm³/mol. The molecule has 1 heterocycles. The van der Waals surface area contributed by atoms with Gasteiger partial charge in [-0.05, 0) is 48.5 Å². The molecule has 1 aliphatic rings. The first-order valence-corrected chi connectivity index (χ1v) is 8.75. The Labute approximate surface area is 154 Å². The van der Waals surface area contributed by atoms with Gasteiger partial charge in [0.2, 0.25) is 0 Å². The minimum absolute atomic E-state index is 0.174. The average molecular weight is 362 g/mol. The summed E-state index contributed by atoms with van der Waals surface area (Å²) in [7, 11) is 0. The van der Waals surface area contributed by atoms with E-state index in [0.717, 1.165) is 21.2 Å². The van der Waals surface area contributed by atoms with E-state index in [0.29, 0.717) is 5.69 Å². The maximum Gasteiger partial charge on any atom is 0.335 e. The molecule has 0 saturated heterocycles. The van der Waals surface area contributed by atoms with Crippen molar-refractivity contribution >= 4 is 40.8 Å². The molecule has 0 radical (unpaired) electrons. The predicted octanol–water partition coefficient (Wildman–Crippen LogP) is 5.22. The van der Waals surface area contributed by atoms with Crippen LogP contribution in [0.5, 0.6) is 0 Å². The number of nitrogens with one attached hydrogen (secondary N) is 1. The maximum absolute atomic E-state index is 13.0. The van der Waals surface area contributed by atoms with Gasteiger partial charge in [-0.15, -0.1) is 0 Å². The van der Waals surface area contributed by atoms with E-state index in [2.05, 4.69) is 5.32 Å². The van der Waals surface area contributed by atoms with Crippen molar-refractivity contribution in [2.24, 2.45) is 0 Å². The largest absolute Gasteiger partial charge is 0.478 e. The van der Waals surface area contributed by atoms with E-state index in [9.17, 15) is 9.59 Å². The van der Waals surface area contributed by atoms with Gasteiger partial charge in [0.15, 0.2) is 0 Å². The summed E-state index contributed by atoms with van der Waals surface area (Å²) in [5, 5.41) is 11.8. The van der Waals surface area contributed by atoms with Crippen LogP contribution < -0.4 is 10.2 Å². The molecular formula is C20H14N2O3S. The van der Waals surface area contributed by atoms with E-state index in [-0.39, 0.29) is 11.6 Å². The van der Waals surface area contributed by atoms with Crippen LogP contribution in [0, 0.1) is 0 Å². The number of amides is 2. The minimum Gasteiger partial charge on any atom is -0.478 e. The second-order valence-electron chi connectivity index (χ2n) is 5.69. The number of para-hydroxylation sites is 2. The van der Waals surface area contributed by atoms with Crippen molar-refractivity contribution in [3.63, 3.8) is 0 Å². The van der Waals surface area contributed by atoms with Crippen molar-refractivity contribution in [2.75, 3.05) is 10.2 Å². The van der Waals surface area contributed by atoms with Gasteiger partial charge in [-0.2, -0.15) is 0 Å². The van der Waals surface area contributed by atoms with E-state index in [1.54, 1.807) is 28.8 Å². The van der Waals surface area contributed by atoms with Gasteiger partial charge >= 0.3 is 12.0 Å². The summed E-state index contributed by atoms with van der Waals surface area (Å²) in [5.74, 6) is -1.00. The quantitative estimate of drug-likeness (QED) is 0.656. The lowest BCUT2D eigenvalue weighted by Gasteiger charge is -2.31. The zero-order valence-electron chi connectivity index (χ0n) is 13.5. The lowest BCUT2D eigenvalue weighted by atomic mass is 10.2. The second kappa shape index (κ2) is 6.57. The molecule has 0 saturated carbocycles. The number of benzene rings is 3. The average Bonchev–Trinajstić information content (AvgIpc) is 2.66. The Morgan fingerprint density at radius 2 is 1.35 bits per heavy atom. The molecule has 6 heteroatoms. The highest BCUT2D eigenvalue weighted by atomic mass is 32.2. The molecule has 0 aliphatic carbocycles. The number of carbonyl (C=O) groups is 2. The fraction of sp³-hybridized carbons (Fsp3) is 0. The van der Waals surface area contributed by atoms with Crippen molar-refractivity contribution in [3.8, 4) is 0 Å². The van der Waals surface area contributed by atoms with E-state index in [1.165, 1.54) is 12.1 Å². The molecule has 0 atom stereocenters. The highest BCUT2D eigenvalue weighted by molar-refractivity contribution is 7.99. The molecule has 5 nitrogen and oxygen atoms in total. The van der Waals surface area contributed by atoms with Gasteiger partial charge in [0.05, 0.1) is 16.9 Å². The zero-order valence-corrected chi connectivity index (χ0v) is 14.4. The smallest absolute Gasteiger partial charge is 0.335 e. The molecule has 0 unspecified atom stereocenters. The monoisotopic (exact) mass is 362 g/mol. The standard InChI is InChI=1S/C20H14N2O3S/c23-19(24)13-9-11-14(12-10-13)21-20(25)22-15-5-1-3-7-17(15)26-18-8-4-2-6-16(18)22/h1-12H,(H,21,25)(H,23,24). The number of hydrogen-bond donors (Lipinski definition) is 2. The minimum atomic E-state index is -1.00. The van der Waals surface area contributed by atoms with Crippen LogP contribution in [0.4, 0.5) is 21.9 Å². The van der Waals surface area contributed by atoms with Gasteiger partial charge in [-0.3, -0.25) is 4.90 Å². The summed E-state index contributed by atoms with van der Waals surface area (Å²) in [6, 6.07) is 21.3. The fourth-order valence-corrected chi connectivity index (χ4v) is 3.86. The van der Waals surface area contributed by atoms with Crippen LogP contribution in [0.1, 0.15) is 10.4 Å². The third-order valence-corrected chi connectivity index (χ3v) is 5.15. The van der Waals surface area contributed by atoms with Crippen LogP contribution in [0.15, 0.2) is 82.6 Å². The Kier molecular flexibility index (Phi) is 4.10. The first-order chi connectivity index (χ1) is 12.6. The summed E-state index contributed by atoms with van der Waals surface area (Å²) < 4.78 is 0. The number of carboxylic acid groups (broad SMARTS) is 1. The SMILES string of the molecule is O=C(O)c1ccc(NC(=O)N2c3ccccc3Sc3ccccc32)cc1. The molecule has 3 aromatic rings. The van der Waals surface area contributed by atoms with E-state index in [4.69, 9.17) is 5.11 Å². The summed E-state index contributed by atoms with van der Waals surface area (Å²) in [5.41, 5.74) is 2.34.